The second-order valence-corrected chi connectivity index (χ2v) is 5.81. The zero-order chi connectivity index (χ0) is 16.8. The van der Waals surface area contributed by atoms with Crippen LogP contribution in [0.4, 0.5) is 24.5 Å². The fourth-order valence-electron chi connectivity index (χ4n) is 1.30. The zero-order valence-corrected chi connectivity index (χ0v) is 12.5. The number of para-hydroxylation sites is 1. The van der Waals surface area contributed by atoms with E-state index in [-0.39, 0.29) is 0 Å². The summed E-state index contributed by atoms with van der Waals surface area (Å²) in [5.74, 6) is 0. The van der Waals surface area contributed by atoms with Crippen LogP contribution in [0.5, 0.6) is 0 Å². The number of hydrogen-bond acceptors (Lipinski definition) is 3. The summed E-state index contributed by atoms with van der Waals surface area (Å²) in [6, 6.07) is 18.0. The molecule has 0 heterocycles. The maximum absolute atomic E-state index is 10.7. The van der Waals surface area contributed by atoms with E-state index in [1.165, 1.54) is 11.4 Å². The molecule has 0 saturated heterocycles. The van der Waals surface area contributed by atoms with Crippen molar-refractivity contribution in [1.29, 1.82) is 0 Å². The molecular weight excluding hydrogens is 343 g/mol. The molecule has 0 aliphatic rings. The van der Waals surface area contributed by atoms with E-state index < -0.39 is 15.6 Å². The molecule has 9 heteroatoms. The molecule has 0 atom stereocenters. The third-order valence-electron chi connectivity index (χ3n) is 2.29. The minimum absolute atomic E-state index is 0.773. The predicted molar refractivity (Wildman–Crippen MR) is 74.9 cm³/mol. The van der Waals surface area contributed by atoms with Crippen molar-refractivity contribution in [3.05, 3.63) is 59.6 Å². The highest BCUT2D eigenvalue weighted by atomic mass is 35.5. The number of benzene rings is 2. The van der Waals surface area contributed by atoms with Gasteiger partial charge in [0.2, 0.25) is 0 Å². The summed E-state index contributed by atoms with van der Waals surface area (Å²) in [5, 5.41) is 2.89. The van der Waals surface area contributed by atoms with E-state index in [4.69, 9.17) is 24.6 Å². The molecule has 0 unspecified atom stereocenters. The maximum Gasteiger partial charge on any atom is 0.485 e. The first-order valence-electron chi connectivity index (χ1n) is 5.77. The lowest BCUT2D eigenvalue weighted by molar-refractivity contribution is -0.478. The maximum atomic E-state index is 10.7. The molecule has 2 N–H and O–H groups in total. The third-order valence-corrected chi connectivity index (χ3v) is 3.11. The average molecular weight is 354 g/mol. The lowest BCUT2D eigenvalue weighted by Crippen LogP contribution is -2.70. The molecular formula is C13H11ClF3NO3S. The van der Waals surface area contributed by atoms with E-state index in [2.05, 4.69) is 17.4 Å². The first kappa shape index (κ1) is 18.4. The Labute approximate surface area is 130 Å². The minimum atomic E-state index is -6.09. The van der Waals surface area contributed by atoms with Gasteiger partial charge in [0.25, 0.3) is 0 Å². The van der Waals surface area contributed by atoms with Crippen LogP contribution in [0.15, 0.2) is 54.6 Å². The fourth-order valence-corrected chi connectivity index (χ4v) is 1.43. The van der Waals surface area contributed by atoms with Crippen molar-refractivity contribution in [2.45, 2.75) is 5.51 Å². The molecule has 0 fully saturated rings. The fraction of sp³-hybridized carbons (Fsp3) is 0.0769. The van der Waals surface area contributed by atoms with E-state index in [0.717, 1.165) is 5.02 Å². The molecule has 2 aromatic rings. The van der Waals surface area contributed by atoms with E-state index in [9.17, 15) is 13.2 Å². The highest BCUT2D eigenvalue weighted by Gasteiger charge is 2.36. The van der Waals surface area contributed by atoms with Crippen molar-refractivity contribution in [2.75, 3.05) is 0 Å². The van der Waals surface area contributed by atoms with Gasteiger partial charge < -0.3 is 4.55 Å². The van der Waals surface area contributed by atoms with Crippen LogP contribution in [0.1, 0.15) is 0 Å². The Balaban J connectivity index is 0.000000261. The molecule has 4 nitrogen and oxygen atoms in total. The molecule has 0 amide bonds. The zero-order valence-electron chi connectivity index (χ0n) is 10.9. The summed E-state index contributed by atoms with van der Waals surface area (Å²) in [7, 11) is -6.09. The van der Waals surface area contributed by atoms with Crippen molar-refractivity contribution in [3.63, 3.8) is 0 Å². The molecule has 0 spiro atoms. The van der Waals surface area contributed by atoms with Crippen molar-refractivity contribution in [2.24, 2.45) is 0 Å². The van der Waals surface area contributed by atoms with Crippen LogP contribution < -0.4 is 5.32 Å². The molecule has 0 saturated carbocycles. The van der Waals surface area contributed by atoms with Crippen molar-refractivity contribution < 1.29 is 31.5 Å². The normalized spacial score (nSPS) is 11.5. The largest absolute Gasteiger partial charge is 0.741 e. The van der Waals surface area contributed by atoms with E-state index in [0.29, 0.717) is 0 Å². The van der Waals surface area contributed by atoms with Crippen LogP contribution in [0.3, 0.4) is 0 Å². The van der Waals surface area contributed by atoms with Gasteiger partial charge in [-0.25, -0.2) is 8.42 Å². The van der Waals surface area contributed by atoms with E-state index >= 15 is 0 Å². The number of alkyl halides is 3. The molecule has 0 bridgehead atoms. The Bertz CT molecular complexity index is 689. The van der Waals surface area contributed by atoms with Gasteiger partial charge >= 0.3 is 5.51 Å². The summed E-state index contributed by atoms with van der Waals surface area (Å²) < 4.78 is 58.9. The molecule has 0 aliphatic heterocycles. The lowest BCUT2D eigenvalue weighted by atomic mass is 10.3. The number of quaternary nitrogens is 1. The van der Waals surface area contributed by atoms with Crippen molar-refractivity contribution in [1.82, 2.24) is 0 Å². The summed E-state index contributed by atoms with van der Waals surface area (Å²) in [6.07, 6.45) is 0. The standard InChI is InChI=1S/C12H10ClN.CHF3O3S/c13-10-6-8-12(9-7-10)14-11-4-2-1-3-5-11;2-1(3,4)8(5,6)7/h1-9,14H;(H,5,6,7). The predicted octanol–water partition coefficient (Wildman–Crippen LogP) is 2.92. The monoisotopic (exact) mass is 353 g/mol. The Morgan fingerprint density at radius 3 is 1.73 bits per heavy atom. The Hall–Kier alpha value is -1.61. The second kappa shape index (κ2) is 7.59. The highest BCUT2D eigenvalue weighted by Crippen LogP contribution is 2.20. The summed E-state index contributed by atoms with van der Waals surface area (Å²) in [5.41, 5.74) is -3.28. The van der Waals surface area contributed by atoms with Gasteiger partial charge in [0.05, 0.1) is 0 Å². The number of halogens is 4. The summed E-state index contributed by atoms with van der Waals surface area (Å²) >= 11 is 5.80. The molecule has 0 aliphatic carbocycles. The van der Waals surface area contributed by atoms with Gasteiger partial charge in [-0.15, -0.1) is 0 Å². The molecule has 22 heavy (non-hydrogen) atoms. The molecule has 0 radical (unpaired) electrons. The van der Waals surface area contributed by atoms with E-state index in [1.807, 2.05) is 42.5 Å². The first-order valence-corrected chi connectivity index (χ1v) is 7.56. The Morgan fingerprint density at radius 1 is 0.909 bits per heavy atom. The van der Waals surface area contributed by atoms with Gasteiger partial charge in [-0.05, 0) is 24.3 Å². The summed E-state index contributed by atoms with van der Waals surface area (Å²) in [4.78, 5) is 0. The third kappa shape index (κ3) is 6.44. The van der Waals surface area contributed by atoms with Crippen LogP contribution in [0.2, 0.25) is 5.02 Å². The van der Waals surface area contributed by atoms with Crippen LogP contribution in [0, 0.1) is 0 Å². The lowest BCUT2D eigenvalue weighted by Gasteiger charge is -2.08. The number of rotatable bonds is 2. The van der Waals surface area contributed by atoms with Crippen LogP contribution in [-0.4, -0.2) is 18.5 Å². The van der Waals surface area contributed by atoms with Crippen LogP contribution in [0.25, 0.3) is 0 Å². The van der Waals surface area contributed by atoms with Crippen LogP contribution in [-0.2, 0) is 10.1 Å². The quantitative estimate of drug-likeness (QED) is 0.512. The Kier molecular flexibility index (Phi) is 6.36. The molecule has 0 aromatic heterocycles. The number of nitrogens with two attached hydrogens (primary N) is 1. The molecule has 2 aromatic carbocycles. The van der Waals surface area contributed by atoms with Gasteiger partial charge in [0.15, 0.2) is 10.1 Å². The van der Waals surface area contributed by atoms with Crippen LogP contribution >= 0.6 is 11.6 Å². The smallest absolute Gasteiger partial charge is 0.485 e. The van der Waals surface area contributed by atoms with Gasteiger partial charge in [-0.1, -0.05) is 29.8 Å². The topological polar surface area (TPSA) is 73.8 Å². The average Bonchev–Trinajstić information content (AvgIpc) is 2.41. The van der Waals surface area contributed by atoms with Gasteiger partial charge in [0, 0.05) is 17.2 Å². The first-order chi connectivity index (χ1) is 10.1. The molecule has 2 rings (SSSR count). The summed E-state index contributed by atoms with van der Waals surface area (Å²) in [6.45, 7) is 0. The van der Waals surface area contributed by atoms with Gasteiger partial charge in [0.1, 0.15) is 11.4 Å². The second-order valence-electron chi connectivity index (χ2n) is 4.01. The highest BCUT2D eigenvalue weighted by molar-refractivity contribution is 7.86. The van der Waals surface area contributed by atoms with Gasteiger partial charge in [-0.2, -0.15) is 13.2 Å². The van der Waals surface area contributed by atoms with Crippen molar-refractivity contribution in [3.8, 4) is 0 Å². The Morgan fingerprint density at radius 2 is 1.32 bits per heavy atom. The van der Waals surface area contributed by atoms with Crippen molar-refractivity contribution >= 4 is 33.1 Å². The molecule has 120 valence electrons. The SMILES string of the molecule is Clc1ccc([NH2+]c2ccccc2)cc1.O=S(=O)([O-])C(F)(F)F. The minimum Gasteiger partial charge on any atom is -0.741 e. The number of hydrogen-bond donors (Lipinski definition) is 1. The van der Waals surface area contributed by atoms with E-state index in [1.54, 1.807) is 0 Å². The van der Waals surface area contributed by atoms with Gasteiger partial charge in [-0.3, -0.25) is 5.32 Å².